The van der Waals surface area contributed by atoms with Gasteiger partial charge in [-0.3, -0.25) is 0 Å². The maximum absolute atomic E-state index is 13.6. The van der Waals surface area contributed by atoms with Crippen LogP contribution >= 0.6 is 0 Å². The van der Waals surface area contributed by atoms with E-state index >= 15 is 0 Å². The Balaban J connectivity index is 1.66. The molecular formula is C18H25FN2O3. The molecule has 2 fully saturated rings. The molecule has 1 saturated heterocycles. The van der Waals surface area contributed by atoms with E-state index in [-0.39, 0.29) is 23.9 Å². The summed E-state index contributed by atoms with van der Waals surface area (Å²) in [6.45, 7) is 2.89. The van der Waals surface area contributed by atoms with E-state index in [1.807, 2.05) is 0 Å². The molecule has 0 bridgehead atoms. The number of halogens is 1. The molecule has 5 nitrogen and oxygen atoms in total. The number of hydrogen-bond donors (Lipinski definition) is 2. The number of urea groups is 1. The van der Waals surface area contributed by atoms with E-state index in [4.69, 9.17) is 4.74 Å². The Morgan fingerprint density at radius 1 is 1.38 bits per heavy atom. The average molecular weight is 336 g/mol. The van der Waals surface area contributed by atoms with Gasteiger partial charge in [0.25, 0.3) is 0 Å². The Morgan fingerprint density at radius 3 is 2.79 bits per heavy atom. The number of nitrogens with one attached hydrogen (secondary N) is 1. The minimum atomic E-state index is -0.421. The van der Waals surface area contributed by atoms with Gasteiger partial charge in [-0.1, -0.05) is 0 Å². The van der Waals surface area contributed by atoms with Crippen LogP contribution in [0.15, 0.2) is 18.2 Å². The zero-order valence-corrected chi connectivity index (χ0v) is 14.0. The standard InChI is InChI=1S/C18H25FN2O3/c1-12(22)13-8-9-21(11-13)18(23)20-16-7-6-14(19)10-17(16)24-15-4-2-3-5-15/h6-7,10,12-13,15,22H,2-5,8-9,11H2,1H3,(H,20,23)/t12-,13+/m1/s1. The maximum atomic E-state index is 13.6. The Hall–Kier alpha value is -1.82. The number of ether oxygens (including phenoxy) is 1. The van der Waals surface area contributed by atoms with Gasteiger partial charge < -0.3 is 20.1 Å². The summed E-state index contributed by atoms with van der Waals surface area (Å²) in [5.41, 5.74) is 0.494. The molecule has 1 saturated carbocycles. The fourth-order valence-corrected chi connectivity index (χ4v) is 3.44. The van der Waals surface area contributed by atoms with Crippen LogP contribution in [0.3, 0.4) is 0 Å². The molecule has 0 aromatic heterocycles. The van der Waals surface area contributed by atoms with Crippen molar-refractivity contribution in [3.8, 4) is 5.75 Å². The summed E-state index contributed by atoms with van der Waals surface area (Å²) < 4.78 is 19.5. The van der Waals surface area contributed by atoms with Crippen LogP contribution in [0.25, 0.3) is 0 Å². The van der Waals surface area contributed by atoms with Crippen molar-refractivity contribution < 1.29 is 19.0 Å². The summed E-state index contributed by atoms with van der Waals surface area (Å²) in [5, 5.41) is 12.5. The lowest BCUT2D eigenvalue weighted by Crippen LogP contribution is -2.34. The first-order valence-electron chi connectivity index (χ1n) is 8.73. The predicted octanol–water partition coefficient (Wildman–Crippen LogP) is 3.38. The molecule has 2 amide bonds. The molecule has 2 aliphatic rings. The van der Waals surface area contributed by atoms with Crippen molar-refractivity contribution >= 4 is 11.7 Å². The number of carbonyl (C=O) groups excluding carboxylic acids is 1. The van der Waals surface area contributed by atoms with E-state index in [2.05, 4.69) is 5.32 Å². The minimum Gasteiger partial charge on any atom is -0.488 e. The monoisotopic (exact) mass is 336 g/mol. The highest BCUT2D eigenvalue weighted by Gasteiger charge is 2.29. The van der Waals surface area contributed by atoms with E-state index in [1.54, 1.807) is 17.9 Å². The normalized spacial score (nSPS) is 22.6. The second kappa shape index (κ2) is 7.38. The van der Waals surface area contributed by atoms with Gasteiger partial charge in [0.1, 0.15) is 11.6 Å². The SMILES string of the molecule is C[C@@H](O)[C@H]1CCN(C(=O)Nc2ccc(F)cc2OC2CCCC2)C1. The van der Waals surface area contributed by atoms with Crippen LogP contribution < -0.4 is 10.1 Å². The summed E-state index contributed by atoms with van der Waals surface area (Å²) in [7, 11) is 0. The highest BCUT2D eigenvalue weighted by atomic mass is 19.1. The molecule has 0 unspecified atom stereocenters. The molecular weight excluding hydrogens is 311 g/mol. The van der Waals surface area contributed by atoms with Gasteiger partial charge in [-0.05, 0) is 51.2 Å². The van der Waals surface area contributed by atoms with Crippen molar-refractivity contribution in [3.63, 3.8) is 0 Å². The van der Waals surface area contributed by atoms with Gasteiger partial charge in [0.2, 0.25) is 0 Å². The lowest BCUT2D eigenvalue weighted by Gasteiger charge is -2.21. The molecule has 24 heavy (non-hydrogen) atoms. The molecule has 132 valence electrons. The average Bonchev–Trinajstić information content (AvgIpc) is 3.21. The lowest BCUT2D eigenvalue weighted by molar-refractivity contribution is 0.130. The summed E-state index contributed by atoms with van der Waals surface area (Å²) in [6.07, 6.45) is 4.63. The lowest BCUT2D eigenvalue weighted by atomic mass is 10.0. The number of hydrogen-bond acceptors (Lipinski definition) is 3. The van der Waals surface area contributed by atoms with Gasteiger partial charge in [0.15, 0.2) is 0 Å². The Labute approximate surface area is 141 Å². The van der Waals surface area contributed by atoms with Crippen molar-refractivity contribution in [2.45, 2.75) is 51.2 Å². The molecule has 3 rings (SSSR count). The number of likely N-dealkylation sites (tertiary alicyclic amines) is 1. The third-order valence-corrected chi connectivity index (χ3v) is 4.98. The molecule has 0 radical (unpaired) electrons. The number of rotatable bonds is 4. The predicted molar refractivity (Wildman–Crippen MR) is 89.7 cm³/mol. The third kappa shape index (κ3) is 3.98. The molecule has 1 aromatic rings. The number of carbonyl (C=O) groups is 1. The molecule has 1 aliphatic carbocycles. The van der Waals surface area contributed by atoms with E-state index in [1.165, 1.54) is 12.1 Å². The van der Waals surface area contributed by atoms with Crippen molar-refractivity contribution in [1.82, 2.24) is 4.90 Å². The number of amides is 2. The molecule has 0 spiro atoms. The van der Waals surface area contributed by atoms with Crippen LogP contribution in [0.2, 0.25) is 0 Å². The molecule has 1 aliphatic heterocycles. The van der Waals surface area contributed by atoms with Crippen LogP contribution in [-0.4, -0.2) is 41.3 Å². The Kier molecular flexibility index (Phi) is 5.23. The van der Waals surface area contributed by atoms with Crippen LogP contribution in [0.1, 0.15) is 39.0 Å². The molecule has 1 heterocycles. The number of aliphatic hydroxyl groups is 1. The number of nitrogens with zero attached hydrogens (tertiary/aromatic N) is 1. The van der Waals surface area contributed by atoms with Crippen molar-refractivity contribution in [2.24, 2.45) is 5.92 Å². The number of anilines is 1. The van der Waals surface area contributed by atoms with Crippen molar-refractivity contribution in [2.75, 3.05) is 18.4 Å². The molecule has 6 heteroatoms. The van der Waals surface area contributed by atoms with Gasteiger partial charge in [0.05, 0.1) is 17.9 Å². The Morgan fingerprint density at radius 2 is 2.12 bits per heavy atom. The number of benzene rings is 1. The first-order chi connectivity index (χ1) is 11.5. The fraction of sp³-hybridized carbons (Fsp3) is 0.611. The third-order valence-electron chi connectivity index (χ3n) is 4.98. The summed E-state index contributed by atoms with van der Waals surface area (Å²) in [6, 6.07) is 3.96. The van der Waals surface area contributed by atoms with Gasteiger partial charge >= 0.3 is 6.03 Å². The van der Waals surface area contributed by atoms with Gasteiger partial charge in [0, 0.05) is 25.1 Å². The first kappa shape index (κ1) is 17.0. The van der Waals surface area contributed by atoms with E-state index in [9.17, 15) is 14.3 Å². The highest BCUT2D eigenvalue weighted by molar-refractivity contribution is 5.91. The van der Waals surface area contributed by atoms with Crippen LogP contribution in [-0.2, 0) is 0 Å². The van der Waals surface area contributed by atoms with E-state index in [0.29, 0.717) is 24.5 Å². The van der Waals surface area contributed by atoms with Crippen molar-refractivity contribution in [3.05, 3.63) is 24.0 Å². The quantitative estimate of drug-likeness (QED) is 0.886. The largest absolute Gasteiger partial charge is 0.488 e. The first-order valence-corrected chi connectivity index (χ1v) is 8.73. The molecule has 2 N–H and O–H groups in total. The summed E-state index contributed by atoms with van der Waals surface area (Å²) >= 11 is 0. The highest BCUT2D eigenvalue weighted by Crippen LogP contribution is 2.31. The van der Waals surface area contributed by atoms with E-state index in [0.717, 1.165) is 32.1 Å². The minimum absolute atomic E-state index is 0.0915. The van der Waals surface area contributed by atoms with Crippen LogP contribution in [0.4, 0.5) is 14.9 Å². The van der Waals surface area contributed by atoms with E-state index < -0.39 is 6.10 Å². The van der Waals surface area contributed by atoms with Crippen LogP contribution in [0, 0.1) is 11.7 Å². The zero-order valence-electron chi connectivity index (χ0n) is 14.0. The smallest absolute Gasteiger partial charge is 0.321 e. The fourth-order valence-electron chi connectivity index (χ4n) is 3.44. The van der Waals surface area contributed by atoms with Crippen LogP contribution in [0.5, 0.6) is 5.75 Å². The number of aliphatic hydroxyl groups excluding tert-OH is 1. The molecule has 1 aromatic carbocycles. The topological polar surface area (TPSA) is 61.8 Å². The zero-order chi connectivity index (χ0) is 17.1. The van der Waals surface area contributed by atoms with Gasteiger partial charge in [-0.25, -0.2) is 9.18 Å². The second-order valence-electron chi connectivity index (χ2n) is 6.83. The second-order valence-corrected chi connectivity index (χ2v) is 6.83. The van der Waals surface area contributed by atoms with Gasteiger partial charge in [-0.2, -0.15) is 0 Å². The van der Waals surface area contributed by atoms with Crippen molar-refractivity contribution in [1.29, 1.82) is 0 Å². The molecule has 2 atom stereocenters. The van der Waals surface area contributed by atoms with Gasteiger partial charge in [-0.15, -0.1) is 0 Å². The Bertz CT molecular complexity index is 588. The maximum Gasteiger partial charge on any atom is 0.321 e. The summed E-state index contributed by atoms with van der Waals surface area (Å²) in [5.74, 6) is 0.121. The summed E-state index contributed by atoms with van der Waals surface area (Å²) in [4.78, 5) is 14.1.